The highest BCUT2D eigenvalue weighted by atomic mass is 79.9. The van der Waals surface area contributed by atoms with Crippen molar-refractivity contribution in [2.24, 2.45) is 11.8 Å². The van der Waals surface area contributed by atoms with Gasteiger partial charge in [-0.15, -0.1) is 0 Å². The molecule has 1 atom stereocenters. The highest BCUT2D eigenvalue weighted by Crippen LogP contribution is 2.27. The third-order valence-electron chi connectivity index (χ3n) is 4.09. The highest BCUT2D eigenvalue weighted by molar-refractivity contribution is 9.09. The number of hydrogen-bond acceptors (Lipinski definition) is 1. The zero-order valence-corrected chi connectivity index (χ0v) is 15.0. The molecule has 0 saturated carbocycles. The first-order valence-electron chi connectivity index (χ1n) is 8.44. The third-order valence-corrected chi connectivity index (χ3v) is 4.65. The smallest absolute Gasteiger partial charge is 0.306 e. The first-order chi connectivity index (χ1) is 9.65. The Morgan fingerprint density at radius 1 is 0.950 bits per heavy atom. The van der Waals surface area contributed by atoms with Crippen LogP contribution in [0.3, 0.4) is 0 Å². The predicted molar refractivity (Wildman–Crippen MR) is 90.5 cm³/mol. The molecule has 0 aliphatic rings. The van der Waals surface area contributed by atoms with Crippen molar-refractivity contribution in [3.63, 3.8) is 0 Å². The van der Waals surface area contributed by atoms with Crippen LogP contribution in [0, 0.1) is 11.8 Å². The summed E-state index contributed by atoms with van der Waals surface area (Å²) in [4.78, 5) is 11.4. The molecule has 1 N–H and O–H groups in total. The summed E-state index contributed by atoms with van der Waals surface area (Å²) >= 11 is 3.40. The molecule has 0 spiro atoms. The summed E-state index contributed by atoms with van der Waals surface area (Å²) < 4.78 is 0. The van der Waals surface area contributed by atoms with Crippen LogP contribution < -0.4 is 0 Å². The number of halogens is 1. The summed E-state index contributed by atoms with van der Waals surface area (Å²) in [6.07, 6.45) is 12.7. The fourth-order valence-corrected chi connectivity index (χ4v) is 3.14. The molecule has 20 heavy (non-hydrogen) atoms. The van der Waals surface area contributed by atoms with Gasteiger partial charge in [0, 0.05) is 5.33 Å². The SMILES string of the molecule is CCCCCC(CCCCC)CC(CCCBr)C(=O)O. The quantitative estimate of drug-likeness (QED) is 0.307. The van der Waals surface area contributed by atoms with E-state index in [0.717, 1.165) is 24.6 Å². The number of unbranched alkanes of at least 4 members (excludes halogenated alkanes) is 4. The van der Waals surface area contributed by atoms with Crippen molar-refractivity contribution in [3.05, 3.63) is 0 Å². The maximum absolute atomic E-state index is 11.4. The van der Waals surface area contributed by atoms with E-state index in [-0.39, 0.29) is 5.92 Å². The molecule has 0 radical (unpaired) electrons. The Kier molecular flexibility index (Phi) is 13.9. The van der Waals surface area contributed by atoms with E-state index < -0.39 is 5.97 Å². The Balaban J connectivity index is 4.27. The van der Waals surface area contributed by atoms with Gasteiger partial charge in [-0.05, 0) is 25.2 Å². The number of carboxylic acid groups (broad SMARTS) is 1. The highest BCUT2D eigenvalue weighted by Gasteiger charge is 2.21. The topological polar surface area (TPSA) is 37.3 Å². The van der Waals surface area contributed by atoms with Crippen molar-refractivity contribution in [2.45, 2.75) is 84.5 Å². The van der Waals surface area contributed by atoms with Gasteiger partial charge in [-0.25, -0.2) is 0 Å². The molecule has 2 nitrogen and oxygen atoms in total. The summed E-state index contributed by atoms with van der Waals surface area (Å²) in [6.45, 7) is 4.45. The zero-order valence-electron chi connectivity index (χ0n) is 13.4. The van der Waals surface area contributed by atoms with Gasteiger partial charge in [0.1, 0.15) is 0 Å². The molecule has 0 heterocycles. The number of hydrogen-bond donors (Lipinski definition) is 1. The van der Waals surface area contributed by atoms with Crippen LogP contribution >= 0.6 is 15.9 Å². The molecule has 0 amide bonds. The molecule has 0 aliphatic heterocycles. The van der Waals surface area contributed by atoms with Gasteiger partial charge in [0.2, 0.25) is 0 Å². The van der Waals surface area contributed by atoms with Crippen molar-refractivity contribution in [2.75, 3.05) is 5.33 Å². The molecule has 0 aromatic rings. The van der Waals surface area contributed by atoms with Gasteiger partial charge in [0.15, 0.2) is 0 Å². The van der Waals surface area contributed by atoms with E-state index in [1.54, 1.807) is 0 Å². The Bertz CT molecular complexity index is 221. The molecular weight excluding hydrogens is 316 g/mol. The average molecular weight is 349 g/mol. The molecule has 0 bridgehead atoms. The Labute approximate surface area is 133 Å². The maximum atomic E-state index is 11.4. The largest absolute Gasteiger partial charge is 0.481 e. The van der Waals surface area contributed by atoms with Crippen LogP contribution in [0.1, 0.15) is 84.5 Å². The van der Waals surface area contributed by atoms with Crippen LogP contribution in [0.2, 0.25) is 0 Å². The minimum Gasteiger partial charge on any atom is -0.481 e. The lowest BCUT2D eigenvalue weighted by molar-refractivity contribution is -0.142. The van der Waals surface area contributed by atoms with Crippen LogP contribution in [0.15, 0.2) is 0 Å². The van der Waals surface area contributed by atoms with E-state index in [1.165, 1.54) is 51.4 Å². The van der Waals surface area contributed by atoms with Gasteiger partial charge in [-0.2, -0.15) is 0 Å². The number of aliphatic carboxylic acids is 1. The molecule has 0 aliphatic carbocycles. The molecule has 3 heteroatoms. The van der Waals surface area contributed by atoms with Crippen LogP contribution in [-0.4, -0.2) is 16.4 Å². The van der Waals surface area contributed by atoms with Gasteiger partial charge in [0.25, 0.3) is 0 Å². The van der Waals surface area contributed by atoms with Crippen LogP contribution in [0.4, 0.5) is 0 Å². The first kappa shape index (κ1) is 19.9. The molecule has 120 valence electrons. The maximum Gasteiger partial charge on any atom is 0.306 e. The summed E-state index contributed by atoms with van der Waals surface area (Å²) in [5.41, 5.74) is 0. The van der Waals surface area contributed by atoms with Crippen molar-refractivity contribution < 1.29 is 9.90 Å². The minimum absolute atomic E-state index is 0.138. The summed E-state index contributed by atoms with van der Waals surface area (Å²) in [7, 11) is 0. The first-order valence-corrected chi connectivity index (χ1v) is 9.56. The molecule has 0 fully saturated rings. The predicted octanol–water partition coefficient (Wildman–Crippen LogP) is 6.03. The van der Waals surface area contributed by atoms with E-state index in [4.69, 9.17) is 0 Å². The number of alkyl halides is 1. The zero-order chi connectivity index (χ0) is 15.2. The number of carboxylic acids is 1. The normalized spacial score (nSPS) is 12.8. The summed E-state index contributed by atoms with van der Waals surface area (Å²) in [6, 6.07) is 0. The standard InChI is InChI=1S/C17H33BrO2/c1-3-5-7-10-15(11-8-6-4-2)14-16(17(19)20)12-9-13-18/h15-16H,3-14H2,1-2H3,(H,19,20). The Morgan fingerprint density at radius 2 is 1.50 bits per heavy atom. The molecular formula is C17H33BrO2. The third kappa shape index (κ3) is 10.7. The Hall–Kier alpha value is -0.0500. The number of rotatable bonds is 14. The minimum atomic E-state index is -0.595. The van der Waals surface area contributed by atoms with Gasteiger partial charge >= 0.3 is 5.97 Å². The summed E-state index contributed by atoms with van der Waals surface area (Å²) in [5, 5.41) is 10.3. The lowest BCUT2D eigenvalue weighted by atomic mass is 9.85. The van der Waals surface area contributed by atoms with Crippen molar-refractivity contribution in [1.29, 1.82) is 0 Å². The molecule has 0 aromatic carbocycles. The van der Waals surface area contributed by atoms with Crippen molar-refractivity contribution in [1.82, 2.24) is 0 Å². The fraction of sp³-hybridized carbons (Fsp3) is 0.941. The lowest BCUT2D eigenvalue weighted by Gasteiger charge is -2.21. The van der Waals surface area contributed by atoms with E-state index in [1.807, 2.05) is 0 Å². The second-order valence-electron chi connectivity index (χ2n) is 5.96. The van der Waals surface area contributed by atoms with Crippen molar-refractivity contribution in [3.8, 4) is 0 Å². The average Bonchev–Trinajstić information content (AvgIpc) is 2.42. The van der Waals surface area contributed by atoms with E-state index in [9.17, 15) is 9.90 Å². The van der Waals surface area contributed by atoms with Gasteiger partial charge in [0.05, 0.1) is 5.92 Å². The summed E-state index contributed by atoms with van der Waals surface area (Å²) in [5.74, 6) is -0.118. The van der Waals surface area contributed by atoms with Crippen molar-refractivity contribution >= 4 is 21.9 Å². The Morgan fingerprint density at radius 3 is 1.90 bits per heavy atom. The van der Waals surface area contributed by atoms with Crippen LogP contribution in [0.5, 0.6) is 0 Å². The second-order valence-corrected chi connectivity index (χ2v) is 6.75. The van der Waals surface area contributed by atoms with Gasteiger partial charge in [-0.1, -0.05) is 81.1 Å². The van der Waals surface area contributed by atoms with E-state index >= 15 is 0 Å². The molecule has 0 rings (SSSR count). The molecule has 1 unspecified atom stereocenters. The molecule has 0 saturated heterocycles. The van der Waals surface area contributed by atoms with Gasteiger partial charge < -0.3 is 5.11 Å². The van der Waals surface area contributed by atoms with Crippen LogP contribution in [0.25, 0.3) is 0 Å². The molecule has 0 aromatic heterocycles. The monoisotopic (exact) mass is 348 g/mol. The lowest BCUT2D eigenvalue weighted by Crippen LogP contribution is -2.18. The fourth-order valence-electron chi connectivity index (χ4n) is 2.81. The number of carbonyl (C=O) groups is 1. The van der Waals surface area contributed by atoms with E-state index in [2.05, 4.69) is 29.8 Å². The van der Waals surface area contributed by atoms with Crippen LogP contribution in [-0.2, 0) is 4.79 Å². The second kappa shape index (κ2) is 13.9. The van der Waals surface area contributed by atoms with E-state index in [0.29, 0.717) is 5.92 Å². The van der Waals surface area contributed by atoms with Gasteiger partial charge in [-0.3, -0.25) is 4.79 Å².